The van der Waals surface area contributed by atoms with Gasteiger partial charge in [-0.05, 0) is 16.8 Å². The Bertz CT molecular complexity index is 535. The van der Waals surface area contributed by atoms with E-state index in [0.29, 0.717) is 9.50 Å². The molecule has 0 aliphatic rings. The Morgan fingerprint density at radius 2 is 2.25 bits per heavy atom. The van der Waals surface area contributed by atoms with Crippen LogP contribution in [-0.4, -0.2) is 29.9 Å². The lowest BCUT2D eigenvalue weighted by atomic mass is 10.9. The van der Waals surface area contributed by atoms with E-state index >= 15 is 0 Å². The number of nitro groups is 1. The molecule has 0 radical (unpaired) electrons. The van der Waals surface area contributed by atoms with Crippen LogP contribution >= 0.6 is 23.1 Å². The lowest BCUT2D eigenvalue weighted by Crippen LogP contribution is -1.94. The van der Waals surface area contributed by atoms with Gasteiger partial charge < -0.3 is 10.1 Å². The van der Waals surface area contributed by atoms with Crippen molar-refractivity contribution < 1.29 is 4.92 Å². The van der Waals surface area contributed by atoms with Crippen LogP contribution in [0.4, 0.5) is 5.95 Å². The van der Waals surface area contributed by atoms with Crippen LogP contribution in [0.25, 0.3) is 0 Å². The standard InChI is InChI=1S/C6H6N6O2S2/c1-3-8-9-6(15-3)16-5-7-4(12(13)14)10-11(5)2/h1-2H3. The number of hydrogen-bond donors (Lipinski definition) is 0. The average Bonchev–Trinajstić information content (AvgIpc) is 2.75. The quantitative estimate of drug-likeness (QED) is 0.598. The third kappa shape index (κ3) is 2.17. The molecule has 0 bridgehead atoms. The zero-order chi connectivity index (χ0) is 11.7. The molecule has 0 aliphatic carbocycles. The second-order valence-electron chi connectivity index (χ2n) is 2.76. The van der Waals surface area contributed by atoms with Crippen molar-refractivity contribution in [2.45, 2.75) is 16.4 Å². The van der Waals surface area contributed by atoms with Gasteiger partial charge in [-0.3, -0.25) is 0 Å². The van der Waals surface area contributed by atoms with Gasteiger partial charge in [-0.2, -0.15) is 4.68 Å². The van der Waals surface area contributed by atoms with Crippen LogP contribution in [-0.2, 0) is 7.05 Å². The van der Waals surface area contributed by atoms with Crippen LogP contribution in [0.15, 0.2) is 9.50 Å². The topological polar surface area (TPSA) is 99.6 Å². The fraction of sp³-hybridized carbons (Fsp3) is 0.333. The summed E-state index contributed by atoms with van der Waals surface area (Å²) in [6.45, 7) is 1.83. The summed E-state index contributed by atoms with van der Waals surface area (Å²) in [7, 11) is 1.59. The smallest absolute Gasteiger partial charge is 0.390 e. The predicted octanol–water partition coefficient (Wildman–Crippen LogP) is 1.03. The normalized spacial score (nSPS) is 10.6. The summed E-state index contributed by atoms with van der Waals surface area (Å²) < 4.78 is 2.03. The number of aromatic nitrogens is 5. The molecule has 10 heteroatoms. The van der Waals surface area contributed by atoms with Gasteiger partial charge in [0.25, 0.3) is 5.16 Å². The minimum absolute atomic E-state index is 0.411. The Hall–Kier alpha value is -1.55. The fourth-order valence-electron chi connectivity index (χ4n) is 0.921. The van der Waals surface area contributed by atoms with E-state index in [9.17, 15) is 10.1 Å². The summed E-state index contributed by atoms with van der Waals surface area (Å²) in [4.78, 5) is 13.6. The SMILES string of the molecule is Cc1nnc(Sc2nc([N+](=O)[O-])nn2C)s1. The summed E-state index contributed by atoms with van der Waals surface area (Å²) in [6.07, 6.45) is 0. The van der Waals surface area contributed by atoms with Crippen molar-refractivity contribution >= 4 is 29.0 Å². The Morgan fingerprint density at radius 3 is 2.75 bits per heavy atom. The van der Waals surface area contributed by atoms with Crippen molar-refractivity contribution in [1.82, 2.24) is 25.0 Å². The van der Waals surface area contributed by atoms with Crippen molar-refractivity contribution in [3.8, 4) is 0 Å². The number of rotatable bonds is 3. The molecule has 2 heterocycles. The molecule has 0 unspecified atom stereocenters. The Labute approximate surface area is 97.9 Å². The van der Waals surface area contributed by atoms with E-state index in [2.05, 4.69) is 20.3 Å². The molecular formula is C6H6N6O2S2. The summed E-state index contributed by atoms with van der Waals surface area (Å²) in [5.74, 6) is -0.411. The average molecular weight is 258 g/mol. The van der Waals surface area contributed by atoms with Crippen LogP contribution < -0.4 is 0 Å². The maximum Gasteiger partial charge on any atom is 0.492 e. The number of nitrogens with zero attached hydrogens (tertiary/aromatic N) is 6. The molecule has 0 N–H and O–H groups in total. The van der Waals surface area contributed by atoms with Gasteiger partial charge >= 0.3 is 5.95 Å². The van der Waals surface area contributed by atoms with Crippen molar-refractivity contribution in [3.63, 3.8) is 0 Å². The molecule has 2 aromatic rings. The molecule has 0 fully saturated rings. The first-order valence-electron chi connectivity index (χ1n) is 4.09. The molecule has 0 spiro atoms. The zero-order valence-corrected chi connectivity index (χ0v) is 9.95. The Morgan fingerprint density at radius 1 is 1.50 bits per heavy atom. The number of hydrogen-bond acceptors (Lipinski definition) is 8. The lowest BCUT2D eigenvalue weighted by Gasteiger charge is -1.87. The van der Waals surface area contributed by atoms with E-state index in [4.69, 9.17) is 0 Å². The van der Waals surface area contributed by atoms with Crippen molar-refractivity contribution in [2.24, 2.45) is 7.05 Å². The summed E-state index contributed by atoms with van der Waals surface area (Å²) in [5, 5.41) is 23.1. The van der Waals surface area contributed by atoms with E-state index in [-0.39, 0.29) is 0 Å². The van der Waals surface area contributed by atoms with Crippen LogP contribution in [0.2, 0.25) is 0 Å². The van der Waals surface area contributed by atoms with Gasteiger partial charge in [0, 0.05) is 23.9 Å². The van der Waals surface area contributed by atoms with Crippen LogP contribution in [0.3, 0.4) is 0 Å². The molecular weight excluding hydrogens is 252 g/mol. The van der Waals surface area contributed by atoms with Crippen molar-refractivity contribution in [2.75, 3.05) is 0 Å². The minimum atomic E-state index is -0.630. The highest BCUT2D eigenvalue weighted by Gasteiger charge is 2.21. The van der Waals surface area contributed by atoms with E-state index in [1.807, 2.05) is 6.92 Å². The fourth-order valence-corrected chi connectivity index (χ4v) is 2.63. The van der Waals surface area contributed by atoms with E-state index in [0.717, 1.165) is 5.01 Å². The maximum absolute atomic E-state index is 10.5. The van der Waals surface area contributed by atoms with Crippen LogP contribution in [0.1, 0.15) is 5.01 Å². The summed E-state index contributed by atoms with van der Waals surface area (Å²) in [5.41, 5.74) is 0. The van der Waals surface area contributed by atoms with E-state index < -0.39 is 10.9 Å². The third-order valence-corrected chi connectivity index (χ3v) is 3.49. The van der Waals surface area contributed by atoms with Crippen molar-refractivity contribution in [3.05, 3.63) is 15.1 Å². The summed E-state index contributed by atoms with van der Waals surface area (Å²) in [6, 6.07) is 0. The zero-order valence-electron chi connectivity index (χ0n) is 8.32. The van der Waals surface area contributed by atoms with Gasteiger partial charge in [-0.15, -0.1) is 10.2 Å². The van der Waals surface area contributed by atoms with Crippen LogP contribution in [0, 0.1) is 17.0 Å². The molecule has 0 amide bonds. The van der Waals surface area contributed by atoms with Gasteiger partial charge in [0.05, 0.1) is 0 Å². The van der Waals surface area contributed by atoms with Gasteiger partial charge in [-0.25, -0.2) is 0 Å². The highest BCUT2D eigenvalue weighted by Crippen LogP contribution is 2.28. The minimum Gasteiger partial charge on any atom is -0.390 e. The molecule has 8 nitrogen and oxygen atoms in total. The molecule has 0 atom stereocenters. The molecule has 0 saturated heterocycles. The second-order valence-corrected chi connectivity index (χ2v) is 5.16. The molecule has 2 rings (SSSR count). The van der Waals surface area contributed by atoms with Gasteiger partial charge in [-0.1, -0.05) is 11.3 Å². The van der Waals surface area contributed by atoms with Gasteiger partial charge in [0.15, 0.2) is 4.34 Å². The Balaban J connectivity index is 2.24. The highest BCUT2D eigenvalue weighted by molar-refractivity contribution is 8.00. The monoisotopic (exact) mass is 258 g/mol. The lowest BCUT2D eigenvalue weighted by molar-refractivity contribution is -0.394. The van der Waals surface area contributed by atoms with Crippen molar-refractivity contribution in [1.29, 1.82) is 0 Å². The molecule has 2 aromatic heterocycles. The van der Waals surface area contributed by atoms with E-state index in [1.54, 1.807) is 7.05 Å². The highest BCUT2D eigenvalue weighted by atomic mass is 32.2. The molecule has 0 saturated carbocycles. The third-order valence-electron chi connectivity index (χ3n) is 1.56. The van der Waals surface area contributed by atoms with Crippen LogP contribution in [0.5, 0.6) is 0 Å². The summed E-state index contributed by atoms with van der Waals surface area (Å²) >= 11 is 2.60. The maximum atomic E-state index is 10.5. The molecule has 16 heavy (non-hydrogen) atoms. The van der Waals surface area contributed by atoms with Gasteiger partial charge in [0.2, 0.25) is 0 Å². The molecule has 84 valence electrons. The predicted molar refractivity (Wildman–Crippen MR) is 56.4 cm³/mol. The molecule has 0 aromatic carbocycles. The first kappa shape index (κ1) is 11.0. The number of aryl methyl sites for hydroxylation is 2. The first-order chi connectivity index (χ1) is 7.56. The van der Waals surface area contributed by atoms with E-state index in [1.165, 1.54) is 27.8 Å². The Kier molecular flexibility index (Phi) is 2.83. The first-order valence-corrected chi connectivity index (χ1v) is 5.73. The molecule has 0 aliphatic heterocycles. The second kappa shape index (κ2) is 4.14. The largest absolute Gasteiger partial charge is 0.492 e. The van der Waals surface area contributed by atoms with Gasteiger partial charge in [0.1, 0.15) is 5.01 Å².